The summed E-state index contributed by atoms with van der Waals surface area (Å²) in [6.45, 7) is 9.72. The van der Waals surface area contributed by atoms with E-state index in [1.54, 1.807) is 0 Å². The van der Waals surface area contributed by atoms with E-state index < -0.39 is 0 Å². The zero-order valence-electron chi connectivity index (χ0n) is 14.0. The minimum atomic E-state index is 0.430. The third-order valence-electron chi connectivity index (χ3n) is 6.72. The number of thiazole rings is 1. The molecule has 21 heavy (non-hydrogen) atoms. The molecule has 2 heteroatoms. The zero-order valence-corrected chi connectivity index (χ0v) is 14.9. The molecule has 4 aliphatic rings. The van der Waals surface area contributed by atoms with E-state index >= 15 is 0 Å². The summed E-state index contributed by atoms with van der Waals surface area (Å²) in [5.74, 6) is 1.59. The summed E-state index contributed by atoms with van der Waals surface area (Å²) in [5.41, 5.74) is 2.97. The molecule has 0 amide bonds. The summed E-state index contributed by atoms with van der Waals surface area (Å²) in [7, 11) is 0. The van der Waals surface area contributed by atoms with Crippen molar-refractivity contribution < 1.29 is 0 Å². The monoisotopic (exact) mass is 303 g/mol. The predicted octanol–water partition coefficient (Wildman–Crippen LogP) is 5.90. The van der Waals surface area contributed by atoms with Crippen LogP contribution in [0.25, 0.3) is 0 Å². The average Bonchev–Trinajstić information content (AvgIpc) is 2.83. The Hall–Kier alpha value is -0.370. The van der Waals surface area contributed by atoms with Gasteiger partial charge in [0, 0.05) is 10.8 Å². The van der Waals surface area contributed by atoms with Crippen LogP contribution in [-0.2, 0) is 5.41 Å². The molecule has 5 rings (SSSR count). The van der Waals surface area contributed by atoms with E-state index in [1.807, 2.05) is 11.3 Å². The minimum absolute atomic E-state index is 0.430. The Morgan fingerprint density at radius 3 is 2.43 bits per heavy atom. The molecule has 116 valence electrons. The van der Waals surface area contributed by atoms with Gasteiger partial charge in [0.05, 0.1) is 10.7 Å². The Bertz CT molecular complexity index is 542. The molecule has 1 aromatic heterocycles. The first-order valence-corrected chi connectivity index (χ1v) is 9.69. The fraction of sp³-hybridized carbons (Fsp3) is 0.842. The van der Waals surface area contributed by atoms with E-state index in [2.05, 4.69) is 33.1 Å². The molecule has 0 saturated heterocycles. The average molecular weight is 304 g/mol. The Morgan fingerprint density at radius 1 is 1.19 bits per heavy atom. The van der Waals surface area contributed by atoms with Crippen LogP contribution in [0.1, 0.15) is 89.3 Å². The summed E-state index contributed by atoms with van der Waals surface area (Å²) < 4.78 is 0. The fourth-order valence-corrected chi connectivity index (χ4v) is 7.80. The third-order valence-corrected chi connectivity index (χ3v) is 7.83. The highest BCUT2D eigenvalue weighted by Crippen LogP contribution is 2.70. The number of aromatic nitrogens is 1. The van der Waals surface area contributed by atoms with Crippen LogP contribution >= 0.6 is 11.3 Å². The number of hydrogen-bond acceptors (Lipinski definition) is 2. The van der Waals surface area contributed by atoms with E-state index in [0.29, 0.717) is 22.2 Å². The lowest BCUT2D eigenvalue weighted by molar-refractivity contribution is -0.110. The van der Waals surface area contributed by atoms with Crippen LogP contribution in [0.5, 0.6) is 0 Å². The van der Waals surface area contributed by atoms with Crippen LogP contribution in [0.4, 0.5) is 0 Å². The maximum absolute atomic E-state index is 5.15. The first-order valence-electron chi connectivity index (χ1n) is 8.81. The SMILES string of the molecule is CCC(C)c1csc(C23CC4CC(C)(CC(C)(C4)C2)C3)n1. The van der Waals surface area contributed by atoms with Crippen LogP contribution in [0.2, 0.25) is 0 Å². The van der Waals surface area contributed by atoms with Crippen LogP contribution in [0.3, 0.4) is 0 Å². The number of nitrogens with zero attached hydrogens (tertiary/aromatic N) is 1. The van der Waals surface area contributed by atoms with Crippen LogP contribution < -0.4 is 0 Å². The van der Waals surface area contributed by atoms with Crippen molar-refractivity contribution in [2.75, 3.05) is 0 Å². The van der Waals surface area contributed by atoms with Crippen LogP contribution in [-0.4, -0.2) is 4.98 Å². The van der Waals surface area contributed by atoms with Crippen molar-refractivity contribution >= 4 is 11.3 Å². The number of hydrogen-bond donors (Lipinski definition) is 0. The Morgan fingerprint density at radius 2 is 1.86 bits per heavy atom. The molecular weight excluding hydrogens is 274 g/mol. The highest BCUT2D eigenvalue weighted by molar-refractivity contribution is 7.09. The van der Waals surface area contributed by atoms with Crippen LogP contribution in [0.15, 0.2) is 5.38 Å². The first-order chi connectivity index (χ1) is 9.85. The van der Waals surface area contributed by atoms with Crippen molar-refractivity contribution in [1.82, 2.24) is 4.98 Å². The molecule has 4 aliphatic carbocycles. The van der Waals surface area contributed by atoms with Gasteiger partial charge in [0.2, 0.25) is 0 Å². The molecule has 3 unspecified atom stereocenters. The molecule has 1 aromatic rings. The molecule has 0 aromatic carbocycles. The Balaban J connectivity index is 1.72. The van der Waals surface area contributed by atoms with E-state index in [9.17, 15) is 0 Å². The summed E-state index contributed by atoms with van der Waals surface area (Å²) in [5, 5.41) is 3.84. The van der Waals surface area contributed by atoms with Crippen molar-refractivity contribution in [1.29, 1.82) is 0 Å². The summed E-state index contributed by atoms with van der Waals surface area (Å²) in [4.78, 5) is 5.15. The molecule has 4 fully saturated rings. The lowest BCUT2D eigenvalue weighted by Gasteiger charge is -2.64. The van der Waals surface area contributed by atoms with Gasteiger partial charge in [0.25, 0.3) is 0 Å². The summed E-state index contributed by atoms with van der Waals surface area (Å²) in [6.07, 6.45) is 9.85. The molecule has 0 N–H and O–H groups in total. The van der Waals surface area contributed by atoms with E-state index in [0.717, 1.165) is 5.92 Å². The second kappa shape index (κ2) is 4.34. The summed E-state index contributed by atoms with van der Waals surface area (Å²) >= 11 is 1.97. The molecule has 3 atom stereocenters. The lowest BCUT2D eigenvalue weighted by atomic mass is 9.40. The molecule has 4 saturated carbocycles. The van der Waals surface area contributed by atoms with Crippen molar-refractivity contribution in [2.24, 2.45) is 16.7 Å². The summed E-state index contributed by atoms with van der Waals surface area (Å²) in [6, 6.07) is 0. The van der Waals surface area contributed by atoms with Crippen molar-refractivity contribution in [3.63, 3.8) is 0 Å². The largest absolute Gasteiger partial charge is 0.245 e. The van der Waals surface area contributed by atoms with Crippen molar-refractivity contribution in [3.8, 4) is 0 Å². The first kappa shape index (κ1) is 14.2. The van der Waals surface area contributed by atoms with Gasteiger partial charge in [0.15, 0.2) is 0 Å². The van der Waals surface area contributed by atoms with Gasteiger partial charge in [-0.1, -0.05) is 27.7 Å². The van der Waals surface area contributed by atoms with Gasteiger partial charge in [-0.3, -0.25) is 0 Å². The van der Waals surface area contributed by atoms with Crippen molar-refractivity contribution in [2.45, 2.75) is 84.0 Å². The van der Waals surface area contributed by atoms with Crippen LogP contribution in [0, 0.1) is 16.7 Å². The van der Waals surface area contributed by atoms with E-state index in [1.165, 1.54) is 55.6 Å². The fourth-order valence-electron chi connectivity index (χ4n) is 6.65. The van der Waals surface area contributed by atoms with E-state index in [4.69, 9.17) is 4.98 Å². The van der Waals surface area contributed by atoms with Gasteiger partial charge in [0.1, 0.15) is 0 Å². The molecular formula is C19H29NS. The maximum Gasteiger partial charge on any atom is 0.0990 e. The van der Waals surface area contributed by atoms with Gasteiger partial charge in [-0.2, -0.15) is 0 Å². The molecule has 1 heterocycles. The number of rotatable bonds is 3. The highest BCUT2D eigenvalue weighted by Gasteiger charge is 2.61. The zero-order chi connectivity index (χ0) is 14.9. The normalized spacial score (nSPS) is 46.0. The Labute approximate surface area is 133 Å². The van der Waals surface area contributed by atoms with Gasteiger partial charge in [-0.25, -0.2) is 4.98 Å². The van der Waals surface area contributed by atoms with Gasteiger partial charge < -0.3 is 0 Å². The van der Waals surface area contributed by atoms with Gasteiger partial charge >= 0.3 is 0 Å². The standard InChI is InChI=1S/C19H29NS/c1-5-13(2)15-9-21-16(20-15)19-8-14-6-17(3,11-19)10-18(4,7-14)12-19/h9,13-14H,5-8,10-12H2,1-4H3. The molecule has 0 aliphatic heterocycles. The van der Waals surface area contributed by atoms with E-state index in [-0.39, 0.29) is 0 Å². The molecule has 0 spiro atoms. The topological polar surface area (TPSA) is 12.9 Å². The minimum Gasteiger partial charge on any atom is -0.245 e. The van der Waals surface area contributed by atoms with Crippen molar-refractivity contribution in [3.05, 3.63) is 16.1 Å². The van der Waals surface area contributed by atoms with Gasteiger partial charge in [-0.05, 0) is 67.6 Å². The maximum atomic E-state index is 5.15. The smallest absolute Gasteiger partial charge is 0.0990 e. The quantitative estimate of drug-likeness (QED) is 0.677. The second-order valence-corrected chi connectivity index (χ2v) is 10.2. The Kier molecular flexibility index (Phi) is 2.94. The second-order valence-electron chi connectivity index (χ2n) is 9.30. The molecule has 0 radical (unpaired) electrons. The van der Waals surface area contributed by atoms with Gasteiger partial charge in [-0.15, -0.1) is 11.3 Å². The highest BCUT2D eigenvalue weighted by atomic mass is 32.1. The third kappa shape index (κ3) is 2.12. The molecule has 1 nitrogen and oxygen atoms in total. The molecule has 4 bridgehead atoms. The lowest BCUT2D eigenvalue weighted by Crippen LogP contribution is -2.56. The predicted molar refractivity (Wildman–Crippen MR) is 89.9 cm³/mol.